The summed E-state index contributed by atoms with van der Waals surface area (Å²) in [5.41, 5.74) is 0.725. The average Bonchev–Trinajstić information content (AvgIpc) is 2.70. The van der Waals surface area contributed by atoms with Gasteiger partial charge in [-0.25, -0.2) is 8.42 Å². The summed E-state index contributed by atoms with van der Waals surface area (Å²) in [7, 11) is -3.61. The van der Waals surface area contributed by atoms with E-state index in [-0.39, 0.29) is 9.92 Å². The average molecular weight is 442 g/mol. The molecular weight excluding hydrogens is 421 g/mol. The maximum atomic E-state index is 12.9. The van der Waals surface area contributed by atoms with E-state index in [2.05, 4.69) is 17.1 Å². The van der Waals surface area contributed by atoms with E-state index >= 15 is 0 Å². The van der Waals surface area contributed by atoms with Crippen molar-refractivity contribution >= 4 is 44.8 Å². The van der Waals surface area contributed by atoms with Crippen LogP contribution in [0, 0.1) is 0 Å². The first-order valence-electron chi connectivity index (χ1n) is 8.90. The summed E-state index contributed by atoms with van der Waals surface area (Å²) in [5, 5.41) is 3.34. The maximum absolute atomic E-state index is 12.9. The Kier molecular flexibility index (Phi) is 6.62. The lowest BCUT2D eigenvalue weighted by Gasteiger charge is -2.33. The van der Waals surface area contributed by atoms with E-state index in [4.69, 9.17) is 23.2 Å². The van der Waals surface area contributed by atoms with Crippen LogP contribution in [0.3, 0.4) is 0 Å². The van der Waals surface area contributed by atoms with Gasteiger partial charge < -0.3 is 10.2 Å². The van der Waals surface area contributed by atoms with Crippen LogP contribution in [-0.4, -0.2) is 56.3 Å². The number of piperazine rings is 1. The third-order valence-electron chi connectivity index (χ3n) is 4.69. The second-order valence-electron chi connectivity index (χ2n) is 6.45. The molecular formula is C19H21Cl2N3O3S. The van der Waals surface area contributed by atoms with Crippen LogP contribution in [0.1, 0.15) is 17.3 Å². The smallest absolute Gasteiger partial charge is 0.255 e. The van der Waals surface area contributed by atoms with Crippen molar-refractivity contribution in [3.63, 3.8) is 0 Å². The SMILES string of the molecule is CCN1CCN(S(=O)(=O)c2cccc(NC(=O)c3ccc(Cl)c(Cl)c3)c2)CC1. The predicted octanol–water partition coefficient (Wildman–Crippen LogP) is 3.57. The second-order valence-corrected chi connectivity index (χ2v) is 9.20. The van der Waals surface area contributed by atoms with E-state index in [0.29, 0.717) is 42.5 Å². The second kappa shape index (κ2) is 8.80. The number of benzene rings is 2. The van der Waals surface area contributed by atoms with Gasteiger partial charge in [0.1, 0.15) is 0 Å². The van der Waals surface area contributed by atoms with Crippen molar-refractivity contribution in [3.05, 3.63) is 58.1 Å². The summed E-state index contributed by atoms with van der Waals surface area (Å²) in [6, 6.07) is 10.8. The quantitative estimate of drug-likeness (QED) is 0.769. The van der Waals surface area contributed by atoms with Crippen molar-refractivity contribution in [1.29, 1.82) is 0 Å². The molecule has 2 aromatic carbocycles. The minimum Gasteiger partial charge on any atom is -0.322 e. The fraction of sp³-hybridized carbons (Fsp3) is 0.316. The molecule has 1 heterocycles. The monoisotopic (exact) mass is 441 g/mol. The number of amides is 1. The van der Waals surface area contributed by atoms with Crippen LogP contribution in [0.5, 0.6) is 0 Å². The first-order chi connectivity index (χ1) is 13.3. The van der Waals surface area contributed by atoms with Gasteiger partial charge in [-0.1, -0.05) is 36.2 Å². The Bertz CT molecular complexity index is 974. The molecule has 0 spiro atoms. The van der Waals surface area contributed by atoms with Crippen LogP contribution in [0.25, 0.3) is 0 Å². The first-order valence-corrected chi connectivity index (χ1v) is 11.1. The Hall–Kier alpha value is -1.64. The topological polar surface area (TPSA) is 69.7 Å². The highest BCUT2D eigenvalue weighted by Crippen LogP contribution is 2.24. The number of nitrogens with zero attached hydrogens (tertiary/aromatic N) is 2. The molecule has 0 aromatic heterocycles. The lowest BCUT2D eigenvalue weighted by atomic mass is 10.2. The largest absolute Gasteiger partial charge is 0.322 e. The first kappa shape index (κ1) is 21.1. The standard InChI is InChI=1S/C19H21Cl2N3O3S/c1-2-23-8-10-24(11-9-23)28(26,27)16-5-3-4-15(13-16)22-19(25)14-6-7-17(20)18(21)12-14/h3-7,12-13H,2,8-11H2,1H3,(H,22,25). The fourth-order valence-corrected chi connectivity index (χ4v) is 4.78. The molecule has 1 saturated heterocycles. The summed E-state index contributed by atoms with van der Waals surface area (Å²) in [6.45, 7) is 5.30. The Morgan fingerprint density at radius 3 is 2.39 bits per heavy atom. The van der Waals surface area contributed by atoms with Crippen molar-refractivity contribution in [2.45, 2.75) is 11.8 Å². The Morgan fingerprint density at radius 2 is 1.75 bits per heavy atom. The van der Waals surface area contributed by atoms with Gasteiger partial charge in [-0.05, 0) is 42.9 Å². The number of carbonyl (C=O) groups is 1. The van der Waals surface area contributed by atoms with Gasteiger partial charge in [-0.2, -0.15) is 4.31 Å². The van der Waals surface area contributed by atoms with E-state index in [1.807, 2.05) is 0 Å². The van der Waals surface area contributed by atoms with Crippen LogP contribution in [-0.2, 0) is 10.0 Å². The molecule has 0 bridgehead atoms. The van der Waals surface area contributed by atoms with E-state index in [1.54, 1.807) is 18.2 Å². The third-order valence-corrected chi connectivity index (χ3v) is 7.32. The van der Waals surface area contributed by atoms with Crippen LogP contribution < -0.4 is 5.32 Å². The fourth-order valence-electron chi connectivity index (χ4n) is 3.01. The minimum atomic E-state index is -3.61. The molecule has 0 radical (unpaired) electrons. The van der Waals surface area contributed by atoms with Crippen LogP contribution in [0.4, 0.5) is 5.69 Å². The zero-order valence-electron chi connectivity index (χ0n) is 15.4. The number of carbonyl (C=O) groups excluding carboxylic acids is 1. The third kappa shape index (κ3) is 4.67. The van der Waals surface area contributed by atoms with Crippen molar-refractivity contribution in [1.82, 2.24) is 9.21 Å². The van der Waals surface area contributed by atoms with Gasteiger partial charge >= 0.3 is 0 Å². The zero-order chi connectivity index (χ0) is 20.3. The van der Waals surface area contributed by atoms with Crippen molar-refractivity contribution < 1.29 is 13.2 Å². The molecule has 0 saturated carbocycles. The Labute approximate surface area is 175 Å². The number of sulfonamides is 1. The maximum Gasteiger partial charge on any atom is 0.255 e. The lowest BCUT2D eigenvalue weighted by molar-refractivity contribution is 0.102. The molecule has 3 rings (SSSR count). The number of anilines is 1. The number of rotatable bonds is 5. The van der Waals surface area contributed by atoms with Gasteiger partial charge in [0.15, 0.2) is 0 Å². The highest BCUT2D eigenvalue weighted by Gasteiger charge is 2.28. The Balaban J connectivity index is 1.76. The van der Waals surface area contributed by atoms with Crippen LogP contribution >= 0.6 is 23.2 Å². The molecule has 9 heteroatoms. The van der Waals surface area contributed by atoms with Crippen LogP contribution in [0.15, 0.2) is 47.4 Å². The molecule has 2 aromatic rings. The highest BCUT2D eigenvalue weighted by molar-refractivity contribution is 7.89. The van der Waals surface area contributed by atoms with E-state index in [0.717, 1.165) is 6.54 Å². The van der Waals surface area contributed by atoms with Gasteiger partial charge in [-0.15, -0.1) is 0 Å². The van der Waals surface area contributed by atoms with Gasteiger partial charge in [0.2, 0.25) is 10.0 Å². The van der Waals surface area contributed by atoms with Crippen molar-refractivity contribution in [2.24, 2.45) is 0 Å². The van der Waals surface area contributed by atoms with Crippen LogP contribution in [0.2, 0.25) is 10.0 Å². The van der Waals surface area contributed by atoms with Gasteiger partial charge in [0, 0.05) is 37.4 Å². The predicted molar refractivity (Wildman–Crippen MR) is 112 cm³/mol. The van der Waals surface area contributed by atoms with Gasteiger partial charge in [-0.3, -0.25) is 4.79 Å². The summed E-state index contributed by atoms with van der Waals surface area (Å²) in [6.07, 6.45) is 0. The summed E-state index contributed by atoms with van der Waals surface area (Å²) in [4.78, 5) is 14.8. The summed E-state index contributed by atoms with van der Waals surface area (Å²) in [5.74, 6) is -0.398. The van der Waals surface area contributed by atoms with E-state index in [1.165, 1.54) is 28.6 Å². The normalized spacial score (nSPS) is 16.1. The molecule has 6 nitrogen and oxygen atoms in total. The molecule has 0 unspecified atom stereocenters. The number of halogens is 2. The van der Waals surface area contributed by atoms with Gasteiger partial charge in [0.05, 0.1) is 14.9 Å². The van der Waals surface area contributed by atoms with Crippen molar-refractivity contribution in [3.8, 4) is 0 Å². The number of likely N-dealkylation sites (N-methyl/N-ethyl adjacent to an activating group) is 1. The molecule has 1 aliphatic rings. The number of nitrogens with one attached hydrogen (secondary N) is 1. The minimum absolute atomic E-state index is 0.157. The van der Waals surface area contributed by atoms with Gasteiger partial charge in [0.25, 0.3) is 5.91 Å². The molecule has 150 valence electrons. The molecule has 1 aliphatic heterocycles. The summed E-state index contributed by atoms with van der Waals surface area (Å²) >= 11 is 11.8. The zero-order valence-corrected chi connectivity index (χ0v) is 17.7. The molecule has 1 amide bonds. The Morgan fingerprint density at radius 1 is 1.04 bits per heavy atom. The molecule has 1 fully saturated rings. The van der Waals surface area contributed by atoms with E-state index in [9.17, 15) is 13.2 Å². The summed E-state index contributed by atoms with van der Waals surface area (Å²) < 4.78 is 27.4. The molecule has 0 aliphatic carbocycles. The molecule has 1 N–H and O–H groups in total. The lowest BCUT2D eigenvalue weighted by Crippen LogP contribution is -2.48. The van der Waals surface area contributed by atoms with E-state index < -0.39 is 15.9 Å². The van der Waals surface area contributed by atoms with Crippen molar-refractivity contribution in [2.75, 3.05) is 38.0 Å². The highest BCUT2D eigenvalue weighted by atomic mass is 35.5. The molecule has 28 heavy (non-hydrogen) atoms. The molecule has 0 atom stereocenters. The number of hydrogen-bond acceptors (Lipinski definition) is 4. The number of hydrogen-bond donors (Lipinski definition) is 1.